The van der Waals surface area contributed by atoms with E-state index in [1.807, 2.05) is 49.5 Å². The maximum Gasteiger partial charge on any atom is 0.226 e. The number of para-hydroxylation sites is 2. The summed E-state index contributed by atoms with van der Waals surface area (Å²) in [5.41, 5.74) is 3.07. The standard InChI is InChI=1S/C20H25N3O2/c1-23(14-16-7-3-2-4-8-16)19-10-6-5-9-18(19)22-20(24)13-17-15-25-12-11-21-17/h2-10,17,21H,11-15H2,1H3,(H,22,24). The van der Waals surface area contributed by atoms with Gasteiger partial charge in [-0.25, -0.2) is 0 Å². The molecule has 1 heterocycles. The van der Waals surface area contributed by atoms with E-state index in [-0.39, 0.29) is 11.9 Å². The number of nitrogens with zero attached hydrogens (tertiary/aromatic N) is 1. The molecule has 0 bridgehead atoms. The first-order valence-electron chi connectivity index (χ1n) is 8.67. The summed E-state index contributed by atoms with van der Waals surface area (Å²) in [5.74, 6) is 0.00330. The van der Waals surface area contributed by atoms with Gasteiger partial charge in [-0.15, -0.1) is 0 Å². The van der Waals surface area contributed by atoms with Gasteiger partial charge in [0.25, 0.3) is 0 Å². The number of nitrogens with one attached hydrogen (secondary N) is 2. The highest BCUT2D eigenvalue weighted by atomic mass is 16.5. The summed E-state index contributed by atoms with van der Waals surface area (Å²) in [4.78, 5) is 14.5. The van der Waals surface area contributed by atoms with Crippen molar-refractivity contribution in [1.82, 2.24) is 5.32 Å². The van der Waals surface area contributed by atoms with Crippen molar-refractivity contribution in [3.8, 4) is 0 Å². The number of ether oxygens (including phenoxy) is 1. The number of hydrogen-bond donors (Lipinski definition) is 2. The molecule has 1 aliphatic heterocycles. The Kier molecular flexibility index (Phi) is 6.04. The van der Waals surface area contributed by atoms with Gasteiger partial charge >= 0.3 is 0 Å². The second kappa shape index (κ2) is 8.65. The molecule has 25 heavy (non-hydrogen) atoms. The van der Waals surface area contributed by atoms with E-state index < -0.39 is 0 Å². The fraction of sp³-hybridized carbons (Fsp3) is 0.350. The van der Waals surface area contributed by atoms with Crippen molar-refractivity contribution in [2.24, 2.45) is 0 Å². The minimum absolute atomic E-state index is 0.00330. The largest absolute Gasteiger partial charge is 0.378 e. The van der Waals surface area contributed by atoms with Crippen LogP contribution in [0, 0.1) is 0 Å². The highest BCUT2D eigenvalue weighted by molar-refractivity contribution is 5.94. The Bertz CT molecular complexity index is 684. The minimum Gasteiger partial charge on any atom is -0.378 e. The van der Waals surface area contributed by atoms with Gasteiger partial charge in [-0.2, -0.15) is 0 Å². The predicted molar refractivity (Wildman–Crippen MR) is 101 cm³/mol. The zero-order chi connectivity index (χ0) is 17.5. The summed E-state index contributed by atoms with van der Waals surface area (Å²) in [5, 5.41) is 6.36. The van der Waals surface area contributed by atoms with E-state index in [1.165, 1.54) is 5.56 Å². The topological polar surface area (TPSA) is 53.6 Å². The van der Waals surface area contributed by atoms with Crippen LogP contribution in [0.15, 0.2) is 54.6 Å². The molecule has 2 N–H and O–H groups in total. The van der Waals surface area contributed by atoms with E-state index in [0.717, 1.165) is 24.5 Å². The van der Waals surface area contributed by atoms with Crippen LogP contribution in [0.25, 0.3) is 0 Å². The molecule has 2 aromatic rings. The van der Waals surface area contributed by atoms with Gasteiger partial charge in [-0.1, -0.05) is 42.5 Å². The van der Waals surface area contributed by atoms with Crippen LogP contribution in [0.3, 0.4) is 0 Å². The molecule has 5 heteroatoms. The zero-order valence-corrected chi connectivity index (χ0v) is 14.6. The molecule has 2 aromatic carbocycles. The number of carbonyl (C=O) groups excluding carboxylic acids is 1. The van der Waals surface area contributed by atoms with Crippen molar-refractivity contribution >= 4 is 17.3 Å². The second-order valence-electron chi connectivity index (χ2n) is 6.34. The maximum atomic E-state index is 12.4. The number of carbonyl (C=O) groups is 1. The van der Waals surface area contributed by atoms with Crippen LogP contribution in [-0.4, -0.2) is 38.8 Å². The normalized spacial score (nSPS) is 17.1. The quantitative estimate of drug-likeness (QED) is 0.849. The molecule has 0 saturated carbocycles. The van der Waals surface area contributed by atoms with Crippen molar-refractivity contribution in [3.63, 3.8) is 0 Å². The van der Waals surface area contributed by atoms with Gasteiger partial charge in [0.15, 0.2) is 0 Å². The van der Waals surface area contributed by atoms with Gasteiger partial charge in [-0.05, 0) is 17.7 Å². The summed E-state index contributed by atoms with van der Waals surface area (Å²) in [6.45, 7) is 2.88. The lowest BCUT2D eigenvalue weighted by Crippen LogP contribution is -2.43. The van der Waals surface area contributed by atoms with Crippen LogP contribution in [0.1, 0.15) is 12.0 Å². The zero-order valence-electron chi connectivity index (χ0n) is 14.6. The average molecular weight is 339 g/mol. The number of benzene rings is 2. The third-order valence-electron chi connectivity index (χ3n) is 4.28. The summed E-state index contributed by atoms with van der Waals surface area (Å²) in [7, 11) is 2.04. The van der Waals surface area contributed by atoms with E-state index in [1.54, 1.807) is 0 Å². The first-order valence-corrected chi connectivity index (χ1v) is 8.67. The fourth-order valence-electron chi connectivity index (χ4n) is 3.03. The molecular weight excluding hydrogens is 314 g/mol. The molecule has 1 fully saturated rings. The second-order valence-corrected chi connectivity index (χ2v) is 6.34. The Hall–Kier alpha value is -2.37. The molecule has 5 nitrogen and oxygen atoms in total. The summed E-state index contributed by atoms with van der Waals surface area (Å²) in [6, 6.07) is 18.3. The van der Waals surface area contributed by atoms with Crippen LogP contribution in [0.5, 0.6) is 0 Å². The highest BCUT2D eigenvalue weighted by Crippen LogP contribution is 2.26. The van der Waals surface area contributed by atoms with Gasteiger partial charge in [0.2, 0.25) is 5.91 Å². The molecule has 0 aromatic heterocycles. The van der Waals surface area contributed by atoms with E-state index in [4.69, 9.17) is 4.74 Å². The molecule has 0 radical (unpaired) electrons. The van der Waals surface area contributed by atoms with E-state index >= 15 is 0 Å². The van der Waals surface area contributed by atoms with Crippen molar-refractivity contribution < 1.29 is 9.53 Å². The smallest absolute Gasteiger partial charge is 0.226 e. The number of amides is 1. The first-order chi connectivity index (χ1) is 12.2. The lowest BCUT2D eigenvalue weighted by molar-refractivity contribution is -0.117. The van der Waals surface area contributed by atoms with Crippen LogP contribution in [0.4, 0.5) is 11.4 Å². The molecule has 132 valence electrons. The van der Waals surface area contributed by atoms with Crippen molar-refractivity contribution in [2.75, 3.05) is 37.0 Å². The number of anilines is 2. The summed E-state index contributed by atoms with van der Waals surface area (Å²) in [6.07, 6.45) is 0.413. The van der Waals surface area contributed by atoms with Crippen LogP contribution < -0.4 is 15.5 Å². The van der Waals surface area contributed by atoms with Gasteiger partial charge in [0, 0.05) is 32.6 Å². The first kappa shape index (κ1) is 17.5. The summed E-state index contributed by atoms with van der Waals surface area (Å²) < 4.78 is 5.41. The molecule has 1 amide bonds. The van der Waals surface area contributed by atoms with Crippen LogP contribution in [-0.2, 0) is 16.1 Å². The van der Waals surface area contributed by atoms with E-state index in [9.17, 15) is 4.79 Å². The van der Waals surface area contributed by atoms with Crippen molar-refractivity contribution in [3.05, 3.63) is 60.2 Å². The maximum absolute atomic E-state index is 12.4. The van der Waals surface area contributed by atoms with Gasteiger partial charge in [-0.3, -0.25) is 4.79 Å². The molecule has 1 saturated heterocycles. The van der Waals surface area contributed by atoms with E-state index in [0.29, 0.717) is 19.6 Å². The Labute approximate surface area is 149 Å². The molecule has 1 unspecified atom stereocenters. The van der Waals surface area contributed by atoms with Crippen molar-refractivity contribution in [1.29, 1.82) is 0 Å². The van der Waals surface area contributed by atoms with Crippen molar-refractivity contribution in [2.45, 2.75) is 19.0 Å². The number of hydrogen-bond acceptors (Lipinski definition) is 4. The Morgan fingerprint density at radius 2 is 1.96 bits per heavy atom. The monoisotopic (exact) mass is 339 g/mol. The minimum atomic E-state index is 0.00330. The Morgan fingerprint density at radius 1 is 1.20 bits per heavy atom. The molecule has 0 spiro atoms. The third kappa shape index (κ3) is 5.05. The lowest BCUT2D eigenvalue weighted by Gasteiger charge is -2.25. The highest BCUT2D eigenvalue weighted by Gasteiger charge is 2.18. The number of rotatable bonds is 6. The lowest BCUT2D eigenvalue weighted by atomic mass is 10.1. The average Bonchev–Trinajstić information content (AvgIpc) is 2.63. The van der Waals surface area contributed by atoms with Gasteiger partial charge < -0.3 is 20.3 Å². The molecule has 3 rings (SSSR count). The molecular formula is C20H25N3O2. The van der Waals surface area contributed by atoms with Gasteiger partial charge in [0.1, 0.15) is 0 Å². The summed E-state index contributed by atoms with van der Waals surface area (Å²) >= 11 is 0. The van der Waals surface area contributed by atoms with E-state index in [2.05, 4.69) is 27.7 Å². The molecule has 1 aliphatic rings. The third-order valence-corrected chi connectivity index (χ3v) is 4.28. The van der Waals surface area contributed by atoms with Gasteiger partial charge in [0.05, 0.1) is 24.6 Å². The van der Waals surface area contributed by atoms with Crippen LogP contribution in [0.2, 0.25) is 0 Å². The fourth-order valence-corrected chi connectivity index (χ4v) is 3.03. The van der Waals surface area contributed by atoms with Crippen LogP contribution >= 0.6 is 0 Å². The SMILES string of the molecule is CN(Cc1ccccc1)c1ccccc1NC(=O)CC1COCCN1. The predicted octanol–water partition coefficient (Wildman–Crippen LogP) is 2.64. The Balaban J connectivity index is 1.64. The Morgan fingerprint density at radius 3 is 2.72 bits per heavy atom. The molecule has 1 atom stereocenters. The molecule has 0 aliphatic carbocycles. The number of morpholine rings is 1.